The minimum atomic E-state index is -1.30. The van der Waals surface area contributed by atoms with Crippen LogP contribution in [0.2, 0.25) is 0 Å². The van der Waals surface area contributed by atoms with Crippen LogP contribution in [-0.4, -0.2) is 62.4 Å². The first-order valence-corrected chi connectivity index (χ1v) is 8.15. The first-order valence-electron chi connectivity index (χ1n) is 6.95. The number of rotatable bonds is 3. The summed E-state index contributed by atoms with van der Waals surface area (Å²) in [4.78, 5) is 13.7. The molecule has 1 aromatic rings. The highest BCUT2D eigenvalue weighted by atomic mass is 79.9. The molecular formula is C14H15BrN2O5S. The third-order valence-electron chi connectivity index (χ3n) is 3.97. The van der Waals surface area contributed by atoms with Crippen LogP contribution in [0.25, 0.3) is 0 Å². The summed E-state index contributed by atoms with van der Waals surface area (Å²) in [5.41, 5.74) is 0.670. The number of ether oxygens (including phenoxy) is 1. The van der Waals surface area contributed by atoms with Gasteiger partial charge in [-0.2, -0.15) is 0 Å². The summed E-state index contributed by atoms with van der Waals surface area (Å²) in [6, 6.07) is 6.33. The first-order chi connectivity index (χ1) is 10.9. The molecule has 23 heavy (non-hydrogen) atoms. The van der Waals surface area contributed by atoms with Crippen LogP contribution in [0.1, 0.15) is 11.6 Å². The second-order valence-electron chi connectivity index (χ2n) is 5.38. The standard InChI is InChI=1S/C14H15BrN2O5S/c15-7-3-1-6(2-4-7)9-12(21)16-14(23)17(9)13-11(20)10(19)8(5-18)22-13/h1-4,8-11,13,18-20H,5H2,(H,16,21,23)/t8-,9?,10-,11-,13-/m1/s1. The van der Waals surface area contributed by atoms with Crippen molar-refractivity contribution in [3.8, 4) is 0 Å². The molecule has 2 heterocycles. The average Bonchev–Trinajstić information content (AvgIpc) is 2.97. The number of aliphatic hydroxyl groups is 3. The molecule has 9 heteroatoms. The third-order valence-corrected chi connectivity index (χ3v) is 4.81. The number of aliphatic hydroxyl groups excluding tert-OH is 3. The van der Waals surface area contributed by atoms with Gasteiger partial charge in [0.05, 0.1) is 6.61 Å². The van der Waals surface area contributed by atoms with Gasteiger partial charge in [0.25, 0.3) is 5.91 Å². The van der Waals surface area contributed by atoms with Gasteiger partial charge in [0, 0.05) is 4.47 Å². The molecule has 1 amide bonds. The highest BCUT2D eigenvalue weighted by molar-refractivity contribution is 9.10. The lowest BCUT2D eigenvalue weighted by Gasteiger charge is -2.31. The van der Waals surface area contributed by atoms with Crippen molar-refractivity contribution in [3.05, 3.63) is 34.3 Å². The van der Waals surface area contributed by atoms with Crippen LogP contribution in [0.5, 0.6) is 0 Å². The summed E-state index contributed by atoms with van der Waals surface area (Å²) in [5, 5.41) is 32.0. The van der Waals surface area contributed by atoms with E-state index in [1.807, 2.05) is 0 Å². The molecule has 7 nitrogen and oxygen atoms in total. The molecule has 2 aliphatic heterocycles. The van der Waals surface area contributed by atoms with Crippen molar-refractivity contribution in [2.24, 2.45) is 0 Å². The van der Waals surface area contributed by atoms with E-state index in [9.17, 15) is 20.1 Å². The molecule has 2 aliphatic rings. The highest BCUT2D eigenvalue weighted by Crippen LogP contribution is 2.34. The number of halogens is 1. The predicted molar refractivity (Wildman–Crippen MR) is 87.2 cm³/mol. The third kappa shape index (κ3) is 2.88. The predicted octanol–water partition coefficient (Wildman–Crippen LogP) is -0.354. The van der Waals surface area contributed by atoms with Gasteiger partial charge in [0.1, 0.15) is 24.4 Å². The number of benzene rings is 1. The molecule has 0 spiro atoms. The zero-order valence-electron chi connectivity index (χ0n) is 11.8. The van der Waals surface area contributed by atoms with Gasteiger partial charge in [-0.15, -0.1) is 0 Å². The van der Waals surface area contributed by atoms with Crippen molar-refractivity contribution in [1.29, 1.82) is 0 Å². The Balaban J connectivity index is 1.94. The van der Waals surface area contributed by atoms with Crippen LogP contribution >= 0.6 is 28.1 Å². The van der Waals surface area contributed by atoms with Gasteiger partial charge in [0.15, 0.2) is 11.3 Å². The van der Waals surface area contributed by atoms with Gasteiger partial charge in [0.2, 0.25) is 0 Å². The van der Waals surface area contributed by atoms with Crippen LogP contribution in [0, 0.1) is 0 Å². The molecule has 1 aromatic carbocycles. The minimum absolute atomic E-state index is 0.109. The van der Waals surface area contributed by atoms with E-state index in [4.69, 9.17) is 17.0 Å². The molecule has 4 N–H and O–H groups in total. The Morgan fingerprint density at radius 1 is 1.26 bits per heavy atom. The van der Waals surface area contributed by atoms with Crippen molar-refractivity contribution in [2.45, 2.75) is 30.6 Å². The number of nitrogens with one attached hydrogen (secondary N) is 1. The van der Waals surface area contributed by atoms with Gasteiger partial charge in [-0.3, -0.25) is 4.79 Å². The number of amides is 1. The number of thiocarbonyl (C=S) groups is 1. The molecule has 5 atom stereocenters. The van der Waals surface area contributed by atoms with Crippen molar-refractivity contribution in [1.82, 2.24) is 10.2 Å². The fourth-order valence-electron chi connectivity index (χ4n) is 2.81. The Hall–Kier alpha value is -1.10. The molecular weight excluding hydrogens is 388 g/mol. The van der Waals surface area contributed by atoms with E-state index >= 15 is 0 Å². The van der Waals surface area contributed by atoms with Gasteiger partial charge in [-0.25, -0.2) is 0 Å². The second-order valence-corrected chi connectivity index (χ2v) is 6.69. The van der Waals surface area contributed by atoms with Crippen molar-refractivity contribution in [2.75, 3.05) is 6.61 Å². The normalized spacial score (nSPS) is 34.1. The lowest BCUT2D eigenvalue weighted by molar-refractivity contribution is -0.126. The minimum Gasteiger partial charge on any atom is -0.394 e. The Bertz CT molecular complexity index is 628. The monoisotopic (exact) mass is 402 g/mol. The summed E-state index contributed by atoms with van der Waals surface area (Å²) < 4.78 is 6.36. The lowest BCUT2D eigenvalue weighted by Crippen LogP contribution is -2.46. The van der Waals surface area contributed by atoms with E-state index in [0.29, 0.717) is 5.56 Å². The SMILES string of the molecule is O=C1NC(=S)N([C@@H]2O[C@H](CO)[C@@H](O)[C@H]2O)C1c1ccc(Br)cc1. The molecule has 0 aliphatic carbocycles. The maximum atomic E-state index is 12.3. The molecule has 0 saturated carbocycles. The smallest absolute Gasteiger partial charge is 0.253 e. The molecule has 0 bridgehead atoms. The largest absolute Gasteiger partial charge is 0.394 e. The van der Waals surface area contributed by atoms with Gasteiger partial charge < -0.3 is 30.3 Å². The molecule has 2 saturated heterocycles. The summed E-state index contributed by atoms with van der Waals surface area (Å²) in [6.45, 7) is -0.445. The van der Waals surface area contributed by atoms with E-state index in [2.05, 4.69) is 21.2 Å². The average molecular weight is 403 g/mol. The van der Waals surface area contributed by atoms with Crippen LogP contribution in [0.3, 0.4) is 0 Å². The van der Waals surface area contributed by atoms with Crippen molar-refractivity contribution < 1.29 is 24.9 Å². The maximum absolute atomic E-state index is 12.3. The van der Waals surface area contributed by atoms with Gasteiger partial charge in [-0.1, -0.05) is 28.1 Å². The second kappa shape index (κ2) is 6.42. The fourth-order valence-corrected chi connectivity index (χ4v) is 3.39. The number of carbonyl (C=O) groups excluding carboxylic acids is 1. The summed E-state index contributed by atoms with van der Waals surface area (Å²) in [6.07, 6.45) is -4.51. The first kappa shape index (κ1) is 16.7. The van der Waals surface area contributed by atoms with Crippen LogP contribution < -0.4 is 5.32 Å². The van der Waals surface area contributed by atoms with E-state index in [0.717, 1.165) is 4.47 Å². The molecule has 124 valence electrons. The molecule has 0 radical (unpaired) electrons. The number of hydrogen-bond acceptors (Lipinski definition) is 6. The number of hydrogen-bond donors (Lipinski definition) is 4. The Kier molecular flexibility index (Phi) is 4.68. The van der Waals surface area contributed by atoms with E-state index in [1.165, 1.54) is 4.90 Å². The molecule has 2 fully saturated rings. The number of carbonyl (C=O) groups is 1. The zero-order chi connectivity index (χ0) is 16.7. The number of nitrogens with zero attached hydrogens (tertiary/aromatic N) is 1. The topological polar surface area (TPSA) is 102 Å². The highest BCUT2D eigenvalue weighted by Gasteiger charge is 2.51. The van der Waals surface area contributed by atoms with Gasteiger partial charge in [-0.05, 0) is 29.9 Å². The van der Waals surface area contributed by atoms with Crippen molar-refractivity contribution >= 4 is 39.2 Å². The van der Waals surface area contributed by atoms with E-state index < -0.39 is 37.2 Å². The zero-order valence-corrected chi connectivity index (χ0v) is 14.2. The fraction of sp³-hybridized carbons (Fsp3) is 0.429. The van der Waals surface area contributed by atoms with Crippen LogP contribution in [0.4, 0.5) is 0 Å². The Morgan fingerprint density at radius 3 is 2.48 bits per heavy atom. The van der Waals surface area contributed by atoms with Gasteiger partial charge >= 0.3 is 0 Å². The Morgan fingerprint density at radius 2 is 1.91 bits per heavy atom. The molecule has 3 rings (SSSR count). The van der Waals surface area contributed by atoms with E-state index in [-0.39, 0.29) is 11.0 Å². The summed E-state index contributed by atoms with van der Waals surface area (Å²) >= 11 is 8.50. The summed E-state index contributed by atoms with van der Waals surface area (Å²) in [5.74, 6) is -0.338. The van der Waals surface area contributed by atoms with Crippen molar-refractivity contribution in [3.63, 3.8) is 0 Å². The lowest BCUT2D eigenvalue weighted by atomic mass is 10.0. The summed E-state index contributed by atoms with van der Waals surface area (Å²) in [7, 11) is 0. The van der Waals surface area contributed by atoms with Crippen LogP contribution in [-0.2, 0) is 9.53 Å². The quantitative estimate of drug-likeness (QED) is 0.512. The molecule has 1 unspecified atom stereocenters. The maximum Gasteiger partial charge on any atom is 0.253 e. The van der Waals surface area contributed by atoms with E-state index in [1.54, 1.807) is 24.3 Å². The van der Waals surface area contributed by atoms with Crippen LogP contribution in [0.15, 0.2) is 28.7 Å². The Labute approximate surface area is 146 Å². The molecule has 0 aromatic heterocycles.